The van der Waals surface area contributed by atoms with Crippen molar-refractivity contribution in [2.45, 2.75) is 60.6 Å². The lowest BCUT2D eigenvalue weighted by atomic mass is 9.99. The first kappa shape index (κ1) is 19.3. The summed E-state index contributed by atoms with van der Waals surface area (Å²) in [5.74, 6) is 0. The second-order valence-electron chi connectivity index (χ2n) is 5.57. The van der Waals surface area contributed by atoms with Crippen LogP contribution in [0.25, 0.3) is 0 Å². The Bertz CT molecular complexity index is 385. The van der Waals surface area contributed by atoms with Gasteiger partial charge in [-0.1, -0.05) is 0 Å². The zero-order valence-corrected chi connectivity index (χ0v) is 12.9. The average molecular weight is 358 g/mol. The number of rotatable bonds is 4. The van der Waals surface area contributed by atoms with Crippen LogP contribution in [0, 0.1) is 0 Å². The molecule has 2 saturated heterocycles. The van der Waals surface area contributed by atoms with Gasteiger partial charge in [0.25, 0.3) is 0 Å². The second-order valence-corrected chi connectivity index (χ2v) is 6.08. The number of hydrogen-bond acceptors (Lipinski definition) is 11. The third kappa shape index (κ3) is 3.96. The first-order valence-electron chi connectivity index (χ1n) is 7.07. The zero-order valence-electron chi connectivity index (χ0n) is 12.0. The van der Waals surface area contributed by atoms with Gasteiger partial charge in [0.1, 0.15) is 54.3 Å². The molecule has 0 saturated carbocycles. The molecule has 0 aliphatic carbocycles. The third-order valence-corrected chi connectivity index (χ3v) is 4.39. The minimum atomic E-state index is -1.59. The normalized spacial score (nSPS) is 51.7. The lowest BCUT2D eigenvalue weighted by Gasteiger charge is -2.42. The Labute approximate surface area is 137 Å². The molecule has 2 heterocycles. The fourth-order valence-corrected chi connectivity index (χ4v) is 2.80. The SMILES string of the molecule is OC[C@H]1O[C@H](OC[C@H]2O[C@H](S)[C@@H](O)[C@@H](O)[C@@H]2O)[C@@H](O)[C@@H](O)[C@@H]1O. The second kappa shape index (κ2) is 7.89. The van der Waals surface area contributed by atoms with Crippen LogP contribution in [0.5, 0.6) is 0 Å². The van der Waals surface area contributed by atoms with E-state index in [0.29, 0.717) is 0 Å². The molecule has 136 valence electrons. The lowest BCUT2D eigenvalue weighted by Crippen LogP contribution is -2.61. The summed E-state index contributed by atoms with van der Waals surface area (Å²) in [5, 5.41) is 67.2. The fourth-order valence-electron chi connectivity index (χ4n) is 2.46. The largest absolute Gasteiger partial charge is 0.394 e. The van der Waals surface area contributed by atoms with Crippen LogP contribution >= 0.6 is 12.6 Å². The Hall–Kier alpha value is -0.0500. The van der Waals surface area contributed by atoms with Crippen LogP contribution in [0.4, 0.5) is 0 Å². The fraction of sp³-hybridized carbons (Fsp3) is 1.00. The highest BCUT2D eigenvalue weighted by Crippen LogP contribution is 2.26. The minimum absolute atomic E-state index is 0.356. The van der Waals surface area contributed by atoms with Crippen LogP contribution in [0.3, 0.4) is 0 Å². The molecule has 7 N–H and O–H groups in total. The van der Waals surface area contributed by atoms with E-state index < -0.39 is 67.2 Å². The summed E-state index contributed by atoms with van der Waals surface area (Å²) < 4.78 is 15.5. The molecule has 0 aromatic heterocycles. The van der Waals surface area contributed by atoms with Gasteiger partial charge >= 0.3 is 0 Å². The maximum atomic E-state index is 9.83. The highest BCUT2D eigenvalue weighted by Gasteiger charge is 2.46. The Kier molecular flexibility index (Phi) is 6.61. The van der Waals surface area contributed by atoms with Crippen molar-refractivity contribution in [3.05, 3.63) is 0 Å². The summed E-state index contributed by atoms with van der Waals surface area (Å²) in [6.07, 6.45) is -12.6. The standard InChI is InChI=1S/C12H22O10S/c13-1-3-5(14)7(16)9(18)11(21-3)20-2-4-6(15)8(17)10(19)12(23)22-4/h3-19,23H,1-2H2/t3-,4-,5-,6-,7+,8+,9+,10+,11+,12-/m1/s1. The molecule has 11 heteroatoms. The van der Waals surface area contributed by atoms with Crippen molar-refractivity contribution in [2.75, 3.05) is 13.2 Å². The van der Waals surface area contributed by atoms with Crippen molar-refractivity contribution in [3.8, 4) is 0 Å². The van der Waals surface area contributed by atoms with E-state index in [4.69, 9.17) is 19.3 Å². The highest BCUT2D eigenvalue weighted by molar-refractivity contribution is 7.80. The molecule has 10 atom stereocenters. The van der Waals surface area contributed by atoms with Gasteiger partial charge in [0.05, 0.1) is 13.2 Å². The van der Waals surface area contributed by atoms with Crippen LogP contribution in [0.15, 0.2) is 0 Å². The van der Waals surface area contributed by atoms with Crippen LogP contribution in [0.1, 0.15) is 0 Å². The van der Waals surface area contributed by atoms with Gasteiger partial charge in [0.2, 0.25) is 0 Å². The van der Waals surface area contributed by atoms with Gasteiger partial charge in [-0.3, -0.25) is 0 Å². The average Bonchev–Trinajstić information content (AvgIpc) is 2.54. The molecular formula is C12H22O10S. The maximum Gasteiger partial charge on any atom is 0.186 e. The zero-order chi connectivity index (χ0) is 17.3. The van der Waals surface area contributed by atoms with Gasteiger partial charge in [-0.05, 0) is 0 Å². The topological polar surface area (TPSA) is 169 Å². The van der Waals surface area contributed by atoms with Crippen LogP contribution < -0.4 is 0 Å². The van der Waals surface area contributed by atoms with E-state index in [1.165, 1.54) is 0 Å². The number of thiol groups is 1. The Balaban J connectivity index is 1.94. The summed E-state index contributed by atoms with van der Waals surface area (Å²) >= 11 is 3.92. The molecule has 10 nitrogen and oxygen atoms in total. The lowest BCUT2D eigenvalue weighted by molar-refractivity contribution is -0.311. The van der Waals surface area contributed by atoms with E-state index in [1.54, 1.807) is 0 Å². The molecule has 0 aromatic carbocycles. The van der Waals surface area contributed by atoms with Crippen molar-refractivity contribution >= 4 is 12.6 Å². The molecule has 2 aliphatic heterocycles. The first-order chi connectivity index (χ1) is 10.8. The summed E-state index contributed by atoms with van der Waals surface area (Å²) in [6.45, 7) is -0.957. The number of ether oxygens (including phenoxy) is 3. The van der Waals surface area contributed by atoms with Crippen LogP contribution in [-0.2, 0) is 14.2 Å². The summed E-state index contributed by atoms with van der Waals surface area (Å²) in [5.41, 5.74) is -1.04. The van der Waals surface area contributed by atoms with E-state index in [2.05, 4.69) is 12.6 Å². The molecule has 0 spiro atoms. The van der Waals surface area contributed by atoms with Gasteiger partial charge in [-0.2, -0.15) is 0 Å². The van der Waals surface area contributed by atoms with E-state index in [0.717, 1.165) is 0 Å². The first-order valence-corrected chi connectivity index (χ1v) is 7.59. The van der Waals surface area contributed by atoms with Gasteiger partial charge in [0, 0.05) is 0 Å². The van der Waals surface area contributed by atoms with E-state index in [9.17, 15) is 30.6 Å². The van der Waals surface area contributed by atoms with Crippen molar-refractivity contribution in [1.82, 2.24) is 0 Å². The maximum absolute atomic E-state index is 9.83. The molecule has 2 fully saturated rings. The molecule has 0 radical (unpaired) electrons. The molecule has 0 amide bonds. The van der Waals surface area contributed by atoms with E-state index in [1.807, 2.05) is 0 Å². The predicted octanol–water partition coefficient (Wildman–Crippen LogP) is -4.46. The highest BCUT2D eigenvalue weighted by atomic mass is 32.1. The van der Waals surface area contributed by atoms with Crippen molar-refractivity contribution < 1.29 is 50.0 Å². The van der Waals surface area contributed by atoms with Crippen molar-refractivity contribution in [3.63, 3.8) is 0 Å². The third-order valence-electron chi connectivity index (χ3n) is 3.96. The van der Waals surface area contributed by atoms with Crippen LogP contribution in [0.2, 0.25) is 0 Å². The smallest absolute Gasteiger partial charge is 0.186 e. The molecular weight excluding hydrogens is 336 g/mol. The quantitative estimate of drug-likeness (QED) is 0.229. The minimum Gasteiger partial charge on any atom is -0.394 e. The van der Waals surface area contributed by atoms with Gasteiger partial charge in [-0.25, -0.2) is 0 Å². The summed E-state index contributed by atoms with van der Waals surface area (Å²) in [6, 6.07) is 0. The van der Waals surface area contributed by atoms with E-state index in [-0.39, 0.29) is 6.61 Å². The van der Waals surface area contributed by atoms with Gasteiger partial charge in [0.15, 0.2) is 6.29 Å². The number of aliphatic hydroxyl groups excluding tert-OH is 7. The van der Waals surface area contributed by atoms with Crippen LogP contribution in [-0.4, -0.2) is 110 Å². The molecule has 23 heavy (non-hydrogen) atoms. The predicted molar refractivity (Wildman–Crippen MR) is 75.4 cm³/mol. The molecule has 0 aromatic rings. The number of aliphatic hydroxyl groups is 7. The Morgan fingerprint density at radius 3 is 1.91 bits per heavy atom. The Morgan fingerprint density at radius 2 is 1.30 bits per heavy atom. The van der Waals surface area contributed by atoms with Gasteiger partial charge < -0.3 is 50.0 Å². The van der Waals surface area contributed by atoms with Gasteiger partial charge in [-0.15, -0.1) is 12.6 Å². The number of hydrogen-bond donors (Lipinski definition) is 8. The Morgan fingerprint density at radius 1 is 0.739 bits per heavy atom. The molecule has 0 unspecified atom stereocenters. The monoisotopic (exact) mass is 358 g/mol. The molecule has 0 bridgehead atoms. The molecule has 2 aliphatic rings. The van der Waals surface area contributed by atoms with Crippen molar-refractivity contribution in [1.29, 1.82) is 0 Å². The molecule has 2 rings (SSSR count). The summed E-state index contributed by atoms with van der Waals surface area (Å²) in [4.78, 5) is 0. The van der Waals surface area contributed by atoms with E-state index >= 15 is 0 Å². The summed E-state index contributed by atoms with van der Waals surface area (Å²) in [7, 11) is 0. The van der Waals surface area contributed by atoms with Crippen molar-refractivity contribution in [2.24, 2.45) is 0 Å².